The Morgan fingerprint density at radius 1 is 0.771 bits per heavy atom. The molecular formula is C37H44O11. The predicted molar refractivity (Wildman–Crippen MR) is 173 cm³/mol. The van der Waals surface area contributed by atoms with Gasteiger partial charge >= 0.3 is 29.8 Å². The third kappa shape index (κ3) is 7.77. The van der Waals surface area contributed by atoms with Gasteiger partial charge in [0.15, 0.2) is 11.9 Å². The summed E-state index contributed by atoms with van der Waals surface area (Å²) in [5, 5.41) is 0. The Hall–Kier alpha value is -4.54. The molecule has 0 N–H and O–H groups in total. The first kappa shape index (κ1) is 36.3. The van der Waals surface area contributed by atoms with Gasteiger partial charge in [0, 0.05) is 46.1 Å². The van der Waals surface area contributed by atoms with E-state index < -0.39 is 82.9 Å². The maximum Gasteiger partial charge on any atom is 0.331 e. The van der Waals surface area contributed by atoms with Crippen LogP contribution in [0.2, 0.25) is 0 Å². The first-order chi connectivity index (χ1) is 22.4. The molecule has 7 unspecified atom stereocenters. The highest BCUT2D eigenvalue weighted by Crippen LogP contribution is 2.54. The third-order valence-electron chi connectivity index (χ3n) is 9.63. The van der Waals surface area contributed by atoms with E-state index in [1.54, 1.807) is 26.0 Å². The number of esters is 5. The van der Waals surface area contributed by atoms with E-state index in [1.165, 1.54) is 33.8 Å². The Labute approximate surface area is 280 Å². The maximum atomic E-state index is 14.9. The Bertz CT molecular complexity index is 1570. The van der Waals surface area contributed by atoms with Crippen LogP contribution in [0.25, 0.3) is 6.08 Å². The van der Waals surface area contributed by atoms with Crippen LogP contribution in [0, 0.1) is 16.7 Å². The zero-order valence-electron chi connectivity index (χ0n) is 28.7. The van der Waals surface area contributed by atoms with Crippen LogP contribution in [0.4, 0.5) is 0 Å². The van der Waals surface area contributed by atoms with E-state index in [1.807, 2.05) is 44.2 Å². The van der Waals surface area contributed by atoms with E-state index in [2.05, 4.69) is 0 Å². The van der Waals surface area contributed by atoms with Crippen molar-refractivity contribution in [3.05, 3.63) is 64.8 Å². The zero-order valence-corrected chi connectivity index (χ0v) is 28.7. The lowest BCUT2D eigenvalue weighted by Crippen LogP contribution is -2.57. The Morgan fingerprint density at radius 3 is 1.96 bits per heavy atom. The monoisotopic (exact) mass is 664 g/mol. The van der Waals surface area contributed by atoms with E-state index in [9.17, 15) is 28.8 Å². The minimum Gasteiger partial charge on any atom is -0.461 e. The number of ketones is 1. The molecule has 3 aliphatic carbocycles. The highest BCUT2D eigenvalue weighted by Gasteiger charge is 2.58. The van der Waals surface area contributed by atoms with Crippen LogP contribution < -0.4 is 0 Å². The van der Waals surface area contributed by atoms with Crippen LogP contribution in [0.5, 0.6) is 0 Å². The Morgan fingerprint density at radius 2 is 1.38 bits per heavy atom. The van der Waals surface area contributed by atoms with Crippen LogP contribution in [-0.4, -0.2) is 66.1 Å². The number of benzene rings is 1. The molecule has 0 aliphatic heterocycles. The van der Waals surface area contributed by atoms with E-state index in [0.717, 1.165) is 5.56 Å². The smallest absolute Gasteiger partial charge is 0.331 e. The largest absolute Gasteiger partial charge is 0.461 e. The van der Waals surface area contributed by atoms with Crippen molar-refractivity contribution in [2.24, 2.45) is 16.7 Å². The van der Waals surface area contributed by atoms with Crippen LogP contribution in [-0.2, 0) is 52.5 Å². The van der Waals surface area contributed by atoms with E-state index in [4.69, 9.17) is 23.7 Å². The van der Waals surface area contributed by atoms with Crippen molar-refractivity contribution in [1.82, 2.24) is 0 Å². The number of carbonyl (C=O) groups is 6. The summed E-state index contributed by atoms with van der Waals surface area (Å²) in [6, 6.07) is 9.16. The minimum atomic E-state index is -1.48. The maximum absolute atomic E-state index is 14.9. The number of ether oxygens (including phenoxy) is 5. The second kappa shape index (κ2) is 14.3. The fraction of sp³-hybridized carbons (Fsp3) is 0.514. The van der Waals surface area contributed by atoms with Gasteiger partial charge in [-0.2, -0.15) is 0 Å². The molecule has 1 fully saturated rings. The molecule has 1 saturated carbocycles. The summed E-state index contributed by atoms with van der Waals surface area (Å²) >= 11 is 0. The number of carbonyl (C=O) groups excluding carboxylic acids is 6. The molecule has 0 heterocycles. The molecule has 258 valence electrons. The molecule has 7 atom stereocenters. The van der Waals surface area contributed by atoms with Gasteiger partial charge in [-0.1, -0.05) is 44.2 Å². The molecule has 3 aliphatic rings. The summed E-state index contributed by atoms with van der Waals surface area (Å²) in [5.74, 6) is -4.29. The predicted octanol–water partition coefficient (Wildman–Crippen LogP) is 5.01. The van der Waals surface area contributed by atoms with E-state index in [0.29, 0.717) is 16.7 Å². The number of hydrogen-bond acceptors (Lipinski definition) is 11. The number of fused-ring (bicyclic) bond motifs is 4. The molecule has 0 aromatic heterocycles. The van der Waals surface area contributed by atoms with Crippen molar-refractivity contribution in [2.75, 3.05) is 0 Å². The van der Waals surface area contributed by atoms with Crippen molar-refractivity contribution in [3.8, 4) is 0 Å². The molecule has 11 heteroatoms. The van der Waals surface area contributed by atoms with Crippen molar-refractivity contribution in [3.63, 3.8) is 0 Å². The SMILES string of the molecule is CC(=O)OC1CC2C(OC(C)=O)C=C3CC(C)(C(=O)C(OC(C)=O)C(=C1C)C2(C)C)C(OC(C)=O)CC3OC(=O)C=Cc1ccccc1. The molecule has 0 amide bonds. The van der Waals surface area contributed by atoms with E-state index >= 15 is 0 Å². The summed E-state index contributed by atoms with van der Waals surface area (Å²) in [6.45, 7) is 12.0. The molecule has 4 bridgehead atoms. The number of rotatable bonds is 7. The molecule has 48 heavy (non-hydrogen) atoms. The molecular weight excluding hydrogens is 620 g/mol. The fourth-order valence-electron chi connectivity index (χ4n) is 7.43. The van der Waals surface area contributed by atoms with Gasteiger partial charge in [0.2, 0.25) is 0 Å². The van der Waals surface area contributed by atoms with Gasteiger partial charge in [0.1, 0.15) is 24.4 Å². The summed E-state index contributed by atoms with van der Waals surface area (Å²) in [4.78, 5) is 77.9. The van der Waals surface area contributed by atoms with Gasteiger partial charge in [-0.25, -0.2) is 4.79 Å². The first-order valence-corrected chi connectivity index (χ1v) is 16.0. The molecule has 1 aromatic carbocycles. The molecule has 11 nitrogen and oxygen atoms in total. The van der Waals surface area contributed by atoms with E-state index in [-0.39, 0.29) is 19.3 Å². The summed E-state index contributed by atoms with van der Waals surface area (Å²) < 4.78 is 29.2. The van der Waals surface area contributed by atoms with Gasteiger partial charge in [0.25, 0.3) is 0 Å². The minimum absolute atomic E-state index is 0.0630. The third-order valence-corrected chi connectivity index (χ3v) is 9.63. The lowest BCUT2D eigenvalue weighted by atomic mass is 9.57. The van der Waals surface area contributed by atoms with Gasteiger partial charge in [-0.3, -0.25) is 24.0 Å². The topological polar surface area (TPSA) is 149 Å². The number of hydrogen-bond donors (Lipinski definition) is 0. The highest BCUT2D eigenvalue weighted by molar-refractivity contribution is 5.95. The second-order valence-corrected chi connectivity index (χ2v) is 13.5. The summed E-state index contributed by atoms with van der Waals surface area (Å²) in [6.07, 6.45) is -0.608. The fourth-order valence-corrected chi connectivity index (χ4v) is 7.43. The summed E-state index contributed by atoms with van der Waals surface area (Å²) in [7, 11) is 0. The normalized spacial score (nSPS) is 29.7. The van der Waals surface area contributed by atoms with Crippen molar-refractivity contribution < 1.29 is 52.5 Å². The van der Waals surface area contributed by atoms with Crippen LogP contribution in [0.1, 0.15) is 80.2 Å². The summed E-state index contributed by atoms with van der Waals surface area (Å²) in [5.41, 5.74) is -0.236. The molecule has 4 rings (SSSR count). The molecule has 0 saturated heterocycles. The van der Waals surface area contributed by atoms with Crippen LogP contribution >= 0.6 is 0 Å². The van der Waals surface area contributed by atoms with Gasteiger partial charge < -0.3 is 23.7 Å². The molecule has 1 aromatic rings. The van der Waals surface area contributed by atoms with Gasteiger partial charge in [-0.15, -0.1) is 0 Å². The van der Waals surface area contributed by atoms with Crippen LogP contribution in [0.15, 0.2) is 59.2 Å². The second-order valence-electron chi connectivity index (χ2n) is 13.5. The number of Topliss-reactive ketones (excluding diaryl/α,β-unsaturated/α-hetero) is 1. The van der Waals surface area contributed by atoms with Crippen molar-refractivity contribution >= 4 is 41.7 Å². The average molecular weight is 665 g/mol. The molecule has 0 radical (unpaired) electrons. The van der Waals surface area contributed by atoms with Crippen LogP contribution in [0.3, 0.4) is 0 Å². The lowest BCUT2D eigenvalue weighted by Gasteiger charge is -2.51. The Kier molecular flexibility index (Phi) is 10.8. The lowest BCUT2D eigenvalue weighted by molar-refractivity contribution is -0.173. The van der Waals surface area contributed by atoms with Gasteiger partial charge in [-0.05, 0) is 66.5 Å². The highest BCUT2D eigenvalue weighted by atomic mass is 16.6. The average Bonchev–Trinajstić information content (AvgIpc) is 2.97. The zero-order chi connectivity index (χ0) is 35.6. The van der Waals surface area contributed by atoms with Crippen molar-refractivity contribution in [2.45, 2.75) is 105 Å². The van der Waals surface area contributed by atoms with Gasteiger partial charge in [0.05, 0.1) is 5.41 Å². The standard InChI is InChI=1S/C37H44O11/c1-20-28(44-21(2)38)17-27-30(45-22(3)39)16-26-19-37(8,35(43)34(47-24(5)41)33(20)36(27,6)7)31(46-23(4)40)18-29(26)48-32(42)15-14-25-12-10-9-11-13-25/h9-16,27-31,34H,17-19H2,1-8H3. The quantitative estimate of drug-likeness (QED) is 0.168. The molecule has 0 spiro atoms. The first-order valence-electron chi connectivity index (χ1n) is 16.0. The Balaban J connectivity index is 1.94. The van der Waals surface area contributed by atoms with Crippen molar-refractivity contribution in [1.29, 1.82) is 0 Å².